The van der Waals surface area contributed by atoms with Gasteiger partial charge in [-0.1, -0.05) is 12.1 Å². The summed E-state index contributed by atoms with van der Waals surface area (Å²) in [6.07, 6.45) is 0. The van der Waals surface area contributed by atoms with Crippen molar-refractivity contribution in [1.82, 2.24) is 4.90 Å². The molecule has 0 unspecified atom stereocenters. The molecular weight excluding hydrogens is 340 g/mol. The second-order valence-corrected chi connectivity index (χ2v) is 7.05. The van der Waals surface area contributed by atoms with E-state index in [1.807, 2.05) is 12.1 Å². The van der Waals surface area contributed by atoms with Crippen LogP contribution in [-0.4, -0.2) is 38.2 Å². The molecule has 0 bridgehead atoms. The summed E-state index contributed by atoms with van der Waals surface area (Å²) in [6, 6.07) is 15.9. The van der Waals surface area contributed by atoms with Gasteiger partial charge >= 0.3 is 5.63 Å². The van der Waals surface area contributed by atoms with Gasteiger partial charge in [0.2, 0.25) is 0 Å². The fraction of sp³-hybridized carbons (Fsp3) is 0.318. The third-order valence-electron chi connectivity index (χ3n) is 5.17. The Labute approximate surface area is 158 Å². The van der Waals surface area contributed by atoms with Crippen LogP contribution < -0.4 is 15.3 Å². The number of ether oxygens (including phenoxy) is 1. The number of anilines is 1. The molecule has 0 amide bonds. The summed E-state index contributed by atoms with van der Waals surface area (Å²) in [5.74, 6) is 0.689. The number of benzene rings is 2. The van der Waals surface area contributed by atoms with E-state index in [0.717, 1.165) is 43.7 Å². The van der Waals surface area contributed by atoms with Gasteiger partial charge in [0.15, 0.2) is 0 Å². The average molecular weight is 364 g/mol. The van der Waals surface area contributed by atoms with Gasteiger partial charge in [-0.25, -0.2) is 4.79 Å². The molecule has 5 nitrogen and oxygen atoms in total. The first-order chi connectivity index (χ1) is 13.1. The predicted molar refractivity (Wildman–Crippen MR) is 108 cm³/mol. The molecule has 0 saturated carbocycles. The summed E-state index contributed by atoms with van der Waals surface area (Å²) in [4.78, 5) is 16.8. The first-order valence-corrected chi connectivity index (χ1v) is 9.27. The first kappa shape index (κ1) is 17.6. The molecule has 0 N–H and O–H groups in total. The van der Waals surface area contributed by atoms with E-state index in [1.165, 1.54) is 11.3 Å². The van der Waals surface area contributed by atoms with Gasteiger partial charge in [-0.2, -0.15) is 0 Å². The van der Waals surface area contributed by atoms with Crippen LogP contribution in [0.25, 0.3) is 11.0 Å². The van der Waals surface area contributed by atoms with Gasteiger partial charge in [0, 0.05) is 55.9 Å². The molecular formula is C22H24N2O3. The number of nitrogens with zero attached hydrogens (tertiary/aromatic N) is 2. The standard InChI is InChI=1S/C22H24N2O3/c1-16-4-3-5-18(12-16)24-10-8-23(9-11-24)15-17-13-22(25)27-21-14-19(26-2)6-7-20(17)21/h3-7,12-14H,8-11,15H2,1-2H3. The highest BCUT2D eigenvalue weighted by Crippen LogP contribution is 2.24. The fourth-order valence-corrected chi connectivity index (χ4v) is 3.70. The minimum atomic E-state index is -0.316. The quantitative estimate of drug-likeness (QED) is 0.664. The Hall–Kier alpha value is -2.79. The molecule has 1 aliphatic heterocycles. The van der Waals surface area contributed by atoms with E-state index >= 15 is 0 Å². The van der Waals surface area contributed by atoms with Gasteiger partial charge in [-0.05, 0) is 42.3 Å². The Morgan fingerprint density at radius 3 is 2.59 bits per heavy atom. The maximum atomic E-state index is 12.0. The van der Waals surface area contributed by atoms with Crippen LogP contribution >= 0.6 is 0 Å². The Bertz CT molecular complexity index is 1000. The summed E-state index contributed by atoms with van der Waals surface area (Å²) in [5.41, 5.74) is 3.84. The summed E-state index contributed by atoms with van der Waals surface area (Å²) in [5, 5.41) is 0.969. The van der Waals surface area contributed by atoms with Crippen molar-refractivity contribution < 1.29 is 9.15 Å². The number of hydrogen-bond donors (Lipinski definition) is 0. The predicted octanol–water partition coefficient (Wildman–Crippen LogP) is 3.43. The molecule has 27 heavy (non-hydrogen) atoms. The van der Waals surface area contributed by atoms with Crippen molar-refractivity contribution >= 4 is 16.7 Å². The van der Waals surface area contributed by atoms with Crippen LogP contribution in [-0.2, 0) is 6.54 Å². The Kier molecular flexibility index (Phi) is 4.86. The maximum Gasteiger partial charge on any atom is 0.336 e. The summed E-state index contributed by atoms with van der Waals surface area (Å²) in [6.45, 7) is 6.77. The lowest BCUT2D eigenvalue weighted by Crippen LogP contribution is -2.46. The molecule has 0 spiro atoms. The number of fused-ring (bicyclic) bond motifs is 1. The minimum Gasteiger partial charge on any atom is -0.497 e. The van der Waals surface area contributed by atoms with E-state index in [1.54, 1.807) is 19.2 Å². The van der Waals surface area contributed by atoms with Crippen LogP contribution in [0.15, 0.2) is 57.7 Å². The highest BCUT2D eigenvalue weighted by molar-refractivity contribution is 5.81. The van der Waals surface area contributed by atoms with E-state index in [4.69, 9.17) is 9.15 Å². The van der Waals surface area contributed by atoms with Crippen molar-refractivity contribution in [2.75, 3.05) is 38.2 Å². The molecule has 2 aromatic carbocycles. The van der Waals surface area contributed by atoms with Crippen LogP contribution in [0.3, 0.4) is 0 Å². The normalized spacial score (nSPS) is 15.3. The molecule has 140 valence electrons. The van der Waals surface area contributed by atoms with Crippen LogP contribution in [0.1, 0.15) is 11.1 Å². The molecule has 0 atom stereocenters. The van der Waals surface area contributed by atoms with Crippen molar-refractivity contribution in [2.24, 2.45) is 0 Å². The van der Waals surface area contributed by atoms with Crippen molar-refractivity contribution in [3.05, 3.63) is 70.1 Å². The van der Waals surface area contributed by atoms with E-state index in [-0.39, 0.29) is 5.63 Å². The number of aryl methyl sites for hydroxylation is 1. The lowest BCUT2D eigenvalue weighted by atomic mass is 10.1. The molecule has 0 radical (unpaired) electrons. The lowest BCUT2D eigenvalue weighted by Gasteiger charge is -2.36. The molecule has 1 aromatic heterocycles. The average Bonchev–Trinajstić information content (AvgIpc) is 2.68. The molecule has 1 fully saturated rings. The second-order valence-electron chi connectivity index (χ2n) is 7.05. The van der Waals surface area contributed by atoms with Crippen LogP contribution in [0.5, 0.6) is 5.75 Å². The molecule has 1 saturated heterocycles. The van der Waals surface area contributed by atoms with Gasteiger partial charge < -0.3 is 14.1 Å². The SMILES string of the molecule is COc1ccc2c(CN3CCN(c4cccc(C)c4)CC3)cc(=O)oc2c1. The van der Waals surface area contributed by atoms with Gasteiger partial charge in [0.1, 0.15) is 11.3 Å². The van der Waals surface area contributed by atoms with Crippen molar-refractivity contribution in [1.29, 1.82) is 0 Å². The smallest absolute Gasteiger partial charge is 0.336 e. The zero-order chi connectivity index (χ0) is 18.8. The number of piperazine rings is 1. The molecule has 5 heteroatoms. The summed E-state index contributed by atoms with van der Waals surface area (Å²) in [7, 11) is 1.61. The molecule has 0 aliphatic carbocycles. The lowest BCUT2D eigenvalue weighted by molar-refractivity contribution is 0.250. The topological polar surface area (TPSA) is 45.9 Å². The minimum absolute atomic E-state index is 0.316. The Morgan fingerprint density at radius 2 is 1.85 bits per heavy atom. The van der Waals surface area contributed by atoms with Crippen LogP contribution in [0.4, 0.5) is 5.69 Å². The Balaban J connectivity index is 1.50. The third-order valence-corrected chi connectivity index (χ3v) is 5.17. The molecule has 3 aromatic rings. The number of rotatable bonds is 4. The van der Waals surface area contributed by atoms with Gasteiger partial charge in [-0.15, -0.1) is 0 Å². The van der Waals surface area contributed by atoms with Crippen molar-refractivity contribution in [2.45, 2.75) is 13.5 Å². The second kappa shape index (κ2) is 7.45. The maximum absolute atomic E-state index is 12.0. The highest BCUT2D eigenvalue weighted by atomic mass is 16.5. The molecule has 2 heterocycles. The van der Waals surface area contributed by atoms with E-state index in [0.29, 0.717) is 11.3 Å². The zero-order valence-electron chi connectivity index (χ0n) is 15.8. The van der Waals surface area contributed by atoms with Gasteiger partial charge in [-0.3, -0.25) is 4.90 Å². The van der Waals surface area contributed by atoms with E-state index in [2.05, 4.69) is 41.0 Å². The summed E-state index contributed by atoms with van der Waals surface area (Å²) >= 11 is 0. The zero-order valence-corrected chi connectivity index (χ0v) is 15.8. The third kappa shape index (κ3) is 3.83. The van der Waals surface area contributed by atoms with Crippen molar-refractivity contribution in [3.8, 4) is 5.75 Å². The van der Waals surface area contributed by atoms with Crippen molar-refractivity contribution in [3.63, 3.8) is 0 Å². The van der Waals surface area contributed by atoms with Crippen LogP contribution in [0, 0.1) is 6.92 Å². The van der Waals surface area contributed by atoms with Gasteiger partial charge in [0.05, 0.1) is 7.11 Å². The van der Waals surface area contributed by atoms with E-state index in [9.17, 15) is 4.79 Å². The fourth-order valence-electron chi connectivity index (χ4n) is 3.70. The number of hydrogen-bond acceptors (Lipinski definition) is 5. The highest BCUT2D eigenvalue weighted by Gasteiger charge is 2.19. The largest absolute Gasteiger partial charge is 0.497 e. The van der Waals surface area contributed by atoms with Crippen LogP contribution in [0.2, 0.25) is 0 Å². The monoisotopic (exact) mass is 364 g/mol. The first-order valence-electron chi connectivity index (χ1n) is 9.27. The molecule has 4 rings (SSSR count). The van der Waals surface area contributed by atoms with E-state index < -0.39 is 0 Å². The number of methoxy groups -OCH3 is 1. The Morgan fingerprint density at radius 1 is 1.04 bits per heavy atom. The molecule has 1 aliphatic rings. The van der Waals surface area contributed by atoms with Gasteiger partial charge in [0.25, 0.3) is 0 Å². The summed E-state index contributed by atoms with van der Waals surface area (Å²) < 4.78 is 10.6.